The first-order valence-corrected chi connectivity index (χ1v) is 8.99. The van der Waals surface area contributed by atoms with E-state index in [4.69, 9.17) is 0 Å². The maximum Gasteiger partial charge on any atom is -0.0184 e. The quantitative estimate of drug-likeness (QED) is 0.500. The third kappa shape index (κ3) is 5.38. The first kappa shape index (κ1) is 18.0. The van der Waals surface area contributed by atoms with E-state index < -0.39 is 0 Å². The molecule has 3 aromatic carbocycles. The van der Waals surface area contributed by atoms with E-state index in [9.17, 15) is 0 Å². The first-order chi connectivity index (χ1) is 11.8. The van der Waals surface area contributed by atoms with E-state index in [2.05, 4.69) is 93.6 Å². The van der Waals surface area contributed by atoms with Gasteiger partial charge in [0.05, 0.1) is 0 Å². The third-order valence-electron chi connectivity index (χ3n) is 4.31. The van der Waals surface area contributed by atoms with E-state index in [-0.39, 0.29) is 0 Å². The van der Waals surface area contributed by atoms with Crippen molar-refractivity contribution in [1.82, 2.24) is 0 Å². The van der Waals surface area contributed by atoms with Crippen molar-refractivity contribution in [3.8, 4) is 11.1 Å². The Morgan fingerprint density at radius 3 is 1.12 bits per heavy atom. The Bertz CT molecular complexity index is 668. The molecule has 0 spiro atoms. The van der Waals surface area contributed by atoms with Crippen molar-refractivity contribution >= 4 is 0 Å². The predicted octanol–water partition coefficient (Wildman–Crippen LogP) is 6.73. The van der Waals surface area contributed by atoms with Crippen LogP contribution in [-0.4, -0.2) is 0 Å². The van der Waals surface area contributed by atoms with E-state index in [0.717, 1.165) is 19.3 Å². The Hall–Kier alpha value is -2.34. The standard InChI is InChI=1S/C14H14.C10H14/c1-2-12-8-10-14(11-9-12)13-6-4-3-5-7-13;1-3-9-5-7-10(4-2)8-6-9/h3-11H,2H2,1H3;5-8H,3-4H2,1-2H3. The lowest BCUT2D eigenvalue weighted by Crippen LogP contribution is -1.81. The van der Waals surface area contributed by atoms with Gasteiger partial charge in [-0.2, -0.15) is 0 Å². The molecule has 0 bridgehead atoms. The van der Waals surface area contributed by atoms with Crippen LogP contribution >= 0.6 is 0 Å². The second kappa shape index (κ2) is 9.72. The average molecular weight is 316 g/mol. The van der Waals surface area contributed by atoms with Gasteiger partial charge in [0.1, 0.15) is 0 Å². The summed E-state index contributed by atoms with van der Waals surface area (Å²) in [5, 5.41) is 0. The molecular formula is C24H28. The van der Waals surface area contributed by atoms with Crippen molar-refractivity contribution in [2.75, 3.05) is 0 Å². The SMILES string of the molecule is CCc1ccc(-c2ccccc2)cc1.CCc1ccc(CC)cc1. The summed E-state index contributed by atoms with van der Waals surface area (Å²) < 4.78 is 0. The van der Waals surface area contributed by atoms with Gasteiger partial charge >= 0.3 is 0 Å². The number of rotatable bonds is 4. The third-order valence-corrected chi connectivity index (χ3v) is 4.31. The first-order valence-electron chi connectivity index (χ1n) is 8.99. The normalized spacial score (nSPS) is 9.96. The number of benzene rings is 3. The lowest BCUT2D eigenvalue weighted by molar-refractivity contribution is 1.10. The van der Waals surface area contributed by atoms with Gasteiger partial charge in [0.25, 0.3) is 0 Å². The van der Waals surface area contributed by atoms with Crippen LogP contribution in [0, 0.1) is 0 Å². The number of aryl methyl sites for hydroxylation is 3. The summed E-state index contributed by atoms with van der Waals surface area (Å²) in [5.74, 6) is 0. The molecule has 0 heteroatoms. The monoisotopic (exact) mass is 316 g/mol. The molecule has 3 rings (SSSR count). The Labute approximate surface area is 147 Å². The molecule has 0 aromatic heterocycles. The summed E-state index contributed by atoms with van der Waals surface area (Å²) in [4.78, 5) is 0. The molecule has 0 aliphatic heterocycles. The minimum absolute atomic E-state index is 1.11. The summed E-state index contributed by atoms with van der Waals surface area (Å²) in [7, 11) is 0. The molecule has 0 aliphatic rings. The van der Waals surface area contributed by atoms with Gasteiger partial charge in [0.2, 0.25) is 0 Å². The Kier molecular flexibility index (Phi) is 7.29. The zero-order valence-electron chi connectivity index (χ0n) is 15.1. The van der Waals surface area contributed by atoms with E-state index >= 15 is 0 Å². The molecule has 0 saturated carbocycles. The highest BCUT2D eigenvalue weighted by molar-refractivity contribution is 5.63. The van der Waals surface area contributed by atoms with Crippen LogP contribution in [-0.2, 0) is 19.3 Å². The van der Waals surface area contributed by atoms with Crippen molar-refractivity contribution < 1.29 is 0 Å². The van der Waals surface area contributed by atoms with Gasteiger partial charge in [-0.1, -0.05) is 99.6 Å². The maximum absolute atomic E-state index is 2.21. The van der Waals surface area contributed by atoms with Gasteiger partial charge in [-0.25, -0.2) is 0 Å². The molecule has 0 unspecified atom stereocenters. The fourth-order valence-corrected chi connectivity index (χ4v) is 2.57. The lowest BCUT2D eigenvalue weighted by atomic mass is 10.0. The van der Waals surface area contributed by atoms with Crippen molar-refractivity contribution in [3.63, 3.8) is 0 Å². The molecule has 0 aliphatic carbocycles. The van der Waals surface area contributed by atoms with Gasteiger partial charge in [-0.05, 0) is 47.1 Å². The van der Waals surface area contributed by atoms with Gasteiger partial charge in [-0.15, -0.1) is 0 Å². The number of hydrogen-bond acceptors (Lipinski definition) is 0. The van der Waals surface area contributed by atoms with Gasteiger partial charge < -0.3 is 0 Å². The summed E-state index contributed by atoms with van der Waals surface area (Å²) in [6, 6.07) is 28.1. The van der Waals surface area contributed by atoms with Gasteiger partial charge in [0.15, 0.2) is 0 Å². The smallest absolute Gasteiger partial charge is 0.0184 e. The van der Waals surface area contributed by atoms with E-state index in [1.807, 2.05) is 6.07 Å². The van der Waals surface area contributed by atoms with E-state index in [1.165, 1.54) is 27.8 Å². The van der Waals surface area contributed by atoms with Crippen LogP contribution in [0.3, 0.4) is 0 Å². The summed E-state index contributed by atoms with van der Waals surface area (Å²) in [6.07, 6.45) is 3.39. The van der Waals surface area contributed by atoms with Crippen LogP contribution < -0.4 is 0 Å². The Balaban J connectivity index is 0.000000185. The van der Waals surface area contributed by atoms with Crippen molar-refractivity contribution in [2.45, 2.75) is 40.0 Å². The highest BCUT2D eigenvalue weighted by Crippen LogP contribution is 2.19. The molecular weight excluding hydrogens is 288 g/mol. The highest BCUT2D eigenvalue weighted by Gasteiger charge is 1.95. The predicted molar refractivity (Wildman–Crippen MR) is 106 cm³/mol. The fraction of sp³-hybridized carbons (Fsp3) is 0.250. The Morgan fingerprint density at radius 1 is 0.417 bits per heavy atom. The zero-order valence-corrected chi connectivity index (χ0v) is 15.1. The van der Waals surface area contributed by atoms with Crippen LogP contribution in [0.4, 0.5) is 0 Å². The van der Waals surface area contributed by atoms with Crippen molar-refractivity contribution in [1.29, 1.82) is 0 Å². The summed E-state index contributed by atoms with van der Waals surface area (Å²) >= 11 is 0. The molecule has 0 nitrogen and oxygen atoms in total. The second-order valence-corrected chi connectivity index (χ2v) is 5.94. The van der Waals surface area contributed by atoms with Crippen LogP contribution in [0.15, 0.2) is 78.9 Å². The molecule has 124 valence electrons. The van der Waals surface area contributed by atoms with E-state index in [0.29, 0.717) is 0 Å². The molecule has 0 saturated heterocycles. The molecule has 0 amide bonds. The molecule has 24 heavy (non-hydrogen) atoms. The zero-order chi connectivity index (χ0) is 17.2. The van der Waals surface area contributed by atoms with E-state index in [1.54, 1.807) is 0 Å². The maximum atomic E-state index is 2.21. The van der Waals surface area contributed by atoms with Crippen LogP contribution in [0.25, 0.3) is 11.1 Å². The van der Waals surface area contributed by atoms with Crippen molar-refractivity contribution in [2.24, 2.45) is 0 Å². The van der Waals surface area contributed by atoms with Gasteiger partial charge in [-0.3, -0.25) is 0 Å². The minimum Gasteiger partial charge on any atom is -0.0622 e. The van der Waals surface area contributed by atoms with Crippen LogP contribution in [0.1, 0.15) is 37.5 Å². The number of hydrogen-bond donors (Lipinski definition) is 0. The van der Waals surface area contributed by atoms with Gasteiger partial charge in [0, 0.05) is 0 Å². The Morgan fingerprint density at radius 2 is 0.750 bits per heavy atom. The summed E-state index contributed by atoms with van der Waals surface area (Å²) in [5.41, 5.74) is 6.83. The highest BCUT2D eigenvalue weighted by atomic mass is 14.0. The molecule has 3 aromatic rings. The topological polar surface area (TPSA) is 0 Å². The second-order valence-electron chi connectivity index (χ2n) is 5.94. The summed E-state index contributed by atoms with van der Waals surface area (Å²) in [6.45, 7) is 6.54. The lowest BCUT2D eigenvalue weighted by Gasteiger charge is -2.02. The molecule has 0 radical (unpaired) electrons. The molecule has 0 heterocycles. The fourth-order valence-electron chi connectivity index (χ4n) is 2.57. The molecule has 0 N–H and O–H groups in total. The van der Waals surface area contributed by atoms with Crippen LogP contribution in [0.2, 0.25) is 0 Å². The molecule has 0 atom stereocenters. The largest absolute Gasteiger partial charge is 0.0622 e. The molecule has 0 fully saturated rings. The minimum atomic E-state index is 1.11. The van der Waals surface area contributed by atoms with Crippen molar-refractivity contribution in [3.05, 3.63) is 95.6 Å². The van der Waals surface area contributed by atoms with Crippen LogP contribution in [0.5, 0.6) is 0 Å². The average Bonchev–Trinajstić information content (AvgIpc) is 2.69.